The van der Waals surface area contributed by atoms with Crippen molar-refractivity contribution in [3.05, 3.63) is 65.2 Å². The molecular weight excluding hydrogens is 293 g/mol. The van der Waals surface area contributed by atoms with E-state index in [0.29, 0.717) is 6.07 Å². The van der Waals surface area contributed by atoms with Gasteiger partial charge in [0.15, 0.2) is 0 Å². The zero-order valence-corrected chi connectivity index (χ0v) is 10.5. The first kappa shape index (κ1) is 15.2. The normalized spacial score (nSPS) is 13.0. The van der Waals surface area contributed by atoms with Gasteiger partial charge in [0.2, 0.25) is 0 Å². The Morgan fingerprint density at radius 3 is 2.24 bits per heavy atom. The Morgan fingerprint density at radius 1 is 0.952 bits per heavy atom. The number of hydrogen-bond donors (Lipinski definition) is 1. The Labute approximate surface area is 116 Å². The number of ether oxygens (including phenoxy) is 1. The lowest BCUT2D eigenvalue weighted by Gasteiger charge is -2.18. The lowest BCUT2D eigenvalue weighted by atomic mass is 9.98. The molecule has 0 amide bonds. The first-order valence-electron chi connectivity index (χ1n) is 5.83. The van der Waals surface area contributed by atoms with Crippen LogP contribution in [0.1, 0.15) is 17.2 Å². The molecule has 21 heavy (non-hydrogen) atoms. The Bertz CT molecular complexity index is 642. The predicted molar refractivity (Wildman–Crippen MR) is 65.5 cm³/mol. The zero-order valence-electron chi connectivity index (χ0n) is 10.5. The highest BCUT2D eigenvalue weighted by Gasteiger charge is 2.33. The molecule has 7 heteroatoms. The van der Waals surface area contributed by atoms with Crippen molar-refractivity contribution in [3.8, 4) is 5.75 Å². The molecule has 2 N–H and O–H groups in total. The van der Waals surface area contributed by atoms with Crippen LogP contribution in [0.4, 0.5) is 22.0 Å². The second kappa shape index (κ2) is 5.69. The lowest BCUT2D eigenvalue weighted by molar-refractivity contribution is -0.274. The summed E-state index contributed by atoms with van der Waals surface area (Å²) in [6.07, 6.45) is -4.89. The fourth-order valence-electron chi connectivity index (χ4n) is 1.88. The third-order valence-corrected chi connectivity index (χ3v) is 2.78. The van der Waals surface area contributed by atoms with E-state index < -0.39 is 29.8 Å². The van der Waals surface area contributed by atoms with E-state index >= 15 is 0 Å². The van der Waals surface area contributed by atoms with Crippen LogP contribution in [0.15, 0.2) is 42.5 Å². The summed E-state index contributed by atoms with van der Waals surface area (Å²) in [7, 11) is 0. The highest BCUT2D eigenvalue weighted by atomic mass is 19.4. The van der Waals surface area contributed by atoms with E-state index in [2.05, 4.69) is 4.74 Å². The minimum absolute atomic E-state index is 0.0552. The van der Waals surface area contributed by atoms with Crippen molar-refractivity contribution < 1.29 is 26.7 Å². The Morgan fingerprint density at radius 2 is 1.62 bits per heavy atom. The predicted octanol–water partition coefficient (Wildman–Crippen LogP) is 3.91. The molecular formula is C14H10F5NO. The molecule has 2 nitrogen and oxygen atoms in total. The molecule has 0 saturated heterocycles. The summed E-state index contributed by atoms with van der Waals surface area (Å²) >= 11 is 0. The van der Waals surface area contributed by atoms with Gasteiger partial charge in [-0.15, -0.1) is 13.2 Å². The van der Waals surface area contributed by atoms with E-state index in [4.69, 9.17) is 5.73 Å². The maximum absolute atomic E-state index is 13.7. The molecule has 0 aliphatic rings. The highest BCUT2D eigenvalue weighted by Crippen LogP contribution is 2.33. The van der Waals surface area contributed by atoms with E-state index in [1.54, 1.807) is 0 Å². The number of rotatable bonds is 3. The molecule has 2 aromatic rings. The number of nitrogens with two attached hydrogens (primary N) is 1. The Balaban J connectivity index is 2.41. The van der Waals surface area contributed by atoms with Gasteiger partial charge < -0.3 is 10.5 Å². The van der Waals surface area contributed by atoms with Gasteiger partial charge >= 0.3 is 6.36 Å². The van der Waals surface area contributed by atoms with Gasteiger partial charge in [-0.25, -0.2) is 8.78 Å². The molecule has 0 spiro atoms. The molecule has 2 aromatic carbocycles. The fraction of sp³-hybridized carbons (Fsp3) is 0.143. The summed E-state index contributed by atoms with van der Waals surface area (Å²) < 4.78 is 67.4. The van der Waals surface area contributed by atoms with E-state index in [1.807, 2.05) is 0 Å². The number of alkyl halides is 3. The average molecular weight is 303 g/mol. The summed E-state index contributed by atoms with van der Waals surface area (Å²) in [5.74, 6) is -2.27. The smallest absolute Gasteiger partial charge is 0.405 e. The van der Waals surface area contributed by atoms with Gasteiger partial charge in [0.1, 0.15) is 17.4 Å². The SMILES string of the molecule is NC(c1ccc(F)cc1F)c1ccccc1OC(F)(F)F. The van der Waals surface area contributed by atoms with Crippen molar-refractivity contribution in [3.63, 3.8) is 0 Å². The van der Waals surface area contributed by atoms with Gasteiger partial charge in [0.25, 0.3) is 0 Å². The number of hydrogen-bond acceptors (Lipinski definition) is 2. The minimum Gasteiger partial charge on any atom is -0.405 e. The van der Waals surface area contributed by atoms with E-state index in [1.165, 1.54) is 18.2 Å². The molecule has 0 saturated carbocycles. The quantitative estimate of drug-likeness (QED) is 0.873. The maximum Gasteiger partial charge on any atom is 0.573 e. The topological polar surface area (TPSA) is 35.2 Å². The van der Waals surface area contributed by atoms with Crippen molar-refractivity contribution >= 4 is 0 Å². The maximum atomic E-state index is 13.7. The average Bonchev–Trinajstić information content (AvgIpc) is 2.36. The standard InChI is InChI=1S/C14H10F5NO/c15-8-5-6-9(11(16)7-8)13(20)10-3-1-2-4-12(10)21-14(17,18)19/h1-7,13H,20H2. The van der Waals surface area contributed by atoms with Crippen LogP contribution >= 0.6 is 0 Å². The molecule has 0 radical (unpaired) electrons. The molecule has 1 atom stereocenters. The number of para-hydroxylation sites is 1. The van der Waals surface area contributed by atoms with Crippen LogP contribution in [-0.2, 0) is 0 Å². The molecule has 0 aliphatic heterocycles. The highest BCUT2D eigenvalue weighted by molar-refractivity contribution is 5.41. The summed E-state index contributed by atoms with van der Waals surface area (Å²) in [6, 6.07) is 6.59. The van der Waals surface area contributed by atoms with Crippen molar-refractivity contribution in [2.24, 2.45) is 5.73 Å². The van der Waals surface area contributed by atoms with Crippen LogP contribution < -0.4 is 10.5 Å². The molecule has 0 heterocycles. The van der Waals surface area contributed by atoms with E-state index in [0.717, 1.165) is 18.2 Å². The molecule has 0 fully saturated rings. The Hall–Kier alpha value is -2.15. The summed E-state index contributed by atoms with van der Waals surface area (Å²) in [5.41, 5.74) is 5.59. The second-order valence-corrected chi connectivity index (χ2v) is 4.23. The summed E-state index contributed by atoms with van der Waals surface area (Å²) in [4.78, 5) is 0. The minimum atomic E-state index is -4.89. The fourth-order valence-corrected chi connectivity index (χ4v) is 1.88. The first-order chi connectivity index (χ1) is 9.78. The van der Waals surface area contributed by atoms with Crippen LogP contribution in [0, 0.1) is 11.6 Å². The van der Waals surface area contributed by atoms with E-state index in [9.17, 15) is 22.0 Å². The van der Waals surface area contributed by atoms with Gasteiger partial charge in [0, 0.05) is 17.2 Å². The first-order valence-corrected chi connectivity index (χ1v) is 5.83. The Kier molecular flexibility index (Phi) is 4.13. The van der Waals surface area contributed by atoms with E-state index in [-0.39, 0.29) is 11.1 Å². The summed E-state index contributed by atoms with van der Waals surface area (Å²) in [6.45, 7) is 0. The molecule has 112 valence electrons. The van der Waals surface area contributed by atoms with Crippen LogP contribution in [0.2, 0.25) is 0 Å². The van der Waals surface area contributed by atoms with Crippen molar-refractivity contribution in [2.75, 3.05) is 0 Å². The van der Waals surface area contributed by atoms with Crippen molar-refractivity contribution in [1.29, 1.82) is 0 Å². The monoisotopic (exact) mass is 303 g/mol. The van der Waals surface area contributed by atoms with Gasteiger partial charge in [-0.05, 0) is 12.1 Å². The second-order valence-electron chi connectivity index (χ2n) is 4.23. The third-order valence-electron chi connectivity index (χ3n) is 2.78. The molecule has 0 aromatic heterocycles. The molecule has 1 unspecified atom stereocenters. The van der Waals surface area contributed by atoms with Gasteiger partial charge in [0.05, 0.1) is 6.04 Å². The number of benzene rings is 2. The van der Waals surface area contributed by atoms with Crippen molar-refractivity contribution in [2.45, 2.75) is 12.4 Å². The third kappa shape index (κ3) is 3.69. The van der Waals surface area contributed by atoms with Gasteiger partial charge in [-0.2, -0.15) is 0 Å². The van der Waals surface area contributed by atoms with Crippen LogP contribution in [0.5, 0.6) is 5.75 Å². The van der Waals surface area contributed by atoms with Gasteiger partial charge in [-0.1, -0.05) is 24.3 Å². The lowest BCUT2D eigenvalue weighted by Crippen LogP contribution is -2.21. The molecule has 0 aliphatic carbocycles. The van der Waals surface area contributed by atoms with Crippen LogP contribution in [0.3, 0.4) is 0 Å². The molecule has 0 bridgehead atoms. The molecule has 2 rings (SSSR count). The van der Waals surface area contributed by atoms with Crippen LogP contribution in [0.25, 0.3) is 0 Å². The van der Waals surface area contributed by atoms with Crippen molar-refractivity contribution in [1.82, 2.24) is 0 Å². The zero-order chi connectivity index (χ0) is 15.6. The number of halogens is 5. The van der Waals surface area contributed by atoms with Gasteiger partial charge in [-0.3, -0.25) is 0 Å². The largest absolute Gasteiger partial charge is 0.573 e. The summed E-state index contributed by atoms with van der Waals surface area (Å²) in [5, 5.41) is 0. The van der Waals surface area contributed by atoms with Crippen LogP contribution in [-0.4, -0.2) is 6.36 Å².